The van der Waals surface area contributed by atoms with Crippen LogP contribution in [0.4, 0.5) is 0 Å². The van der Waals surface area contributed by atoms with Gasteiger partial charge in [0.15, 0.2) is 0 Å². The lowest BCUT2D eigenvalue weighted by Crippen LogP contribution is -2.17. The Morgan fingerprint density at radius 2 is 1.67 bits per heavy atom. The maximum Gasteiger partial charge on any atom is 0.119 e. The Hall–Kier alpha value is -1.03. The van der Waals surface area contributed by atoms with Crippen LogP contribution in [0.5, 0.6) is 5.75 Å². The predicted octanol–water partition coefficient (Wildman–Crippen LogP) is 5.20. The van der Waals surface area contributed by atoms with E-state index in [1.54, 1.807) is 0 Å². The molecule has 0 bridgehead atoms. The van der Waals surface area contributed by atoms with Gasteiger partial charge in [-0.25, -0.2) is 0 Å². The fourth-order valence-electron chi connectivity index (χ4n) is 2.23. The molecule has 0 heterocycles. The molecule has 0 radical (unpaired) electrons. The van der Waals surface area contributed by atoms with Gasteiger partial charge in [-0.15, -0.1) is 0 Å². The van der Waals surface area contributed by atoms with Crippen LogP contribution in [0.1, 0.15) is 31.0 Å². The van der Waals surface area contributed by atoms with E-state index in [0.29, 0.717) is 5.02 Å². The van der Waals surface area contributed by atoms with Crippen LogP contribution in [0.2, 0.25) is 5.02 Å². The molecule has 0 spiro atoms. The van der Waals surface area contributed by atoms with Gasteiger partial charge in [-0.3, -0.25) is 0 Å². The lowest BCUT2D eigenvalue weighted by molar-refractivity contribution is 0.242. The molecule has 0 aromatic heterocycles. The largest absolute Gasteiger partial charge is 0.491 e. The summed E-state index contributed by atoms with van der Waals surface area (Å²) < 4.78 is 6.58. The molecule has 1 unspecified atom stereocenters. The van der Waals surface area contributed by atoms with Crippen molar-refractivity contribution in [2.75, 3.05) is 7.05 Å². The second-order valence-corrected chi connectivity index (χ2v) is 6.39. The summed E-state index contributed by atoms with van der Waals surface area (Å²) in [4.78, 5) is 0. The quantitative estimate of drug-likeness (QED) is 0.783. The fourth-order valence-corrected chi connectivity index (χ4v) is 2.66. The first-order chi connectivity index (χ1) is 10.0. The van der Waals surface area contributed by atoms with Crippen molar-refractivity contribution in [2.24, 2.45) is 0 Å². The third kappa shape index (κ3) is 4.22. The molecule has 2 aromatic rings. The summed E-state index contributed by atoms with van der Waals surface area (Å²) in [6.07, 6.45) is 0.182. The Labute approximate surface area is 139 Å². The van der Waals surface area contributed by atoms with Crippen molar-refractivity contribution in [1.29, 1.82) is 0 Å². The van der Waals surface area contributed by atoms with Crippen molar-refractivity contribution in [3.63, 3.8) is 0 Å². The van der Waals surface area contributed by atoms with E-state index in [1.165, 1.54) is 5.56 Å². The lowest BCUT2D eigenvalue weighted by Gasteiger charge is -2.18. The molecule has 1 N–H and O–H groups in total. The molecule has 0 fully saturated rings. The summed E-state index contributed by atoms with van der Waals surface area (Å²) in [6.45, 7) is 4.04. The SMILES string of the molecule is CNC(c1ccc(OC(C)C)cc1)c1ccc(Br)c(Cl)c1. The van der Waals surface area contributed by atoms with Gasteiger partial charge >= 0.3 is 0 Å². The van der Waals surface area contributed by atoms with E-state index in [-0.39, 0.29) is 12.1 Å². The Balaban J connectivity index is 2.26. The average Bonchev–Trinajstić information content (AvgIpc) is 2.45. The molecule has 2 rings (SSSR count). The Morgan fingerprint density at radius 3 is 2.19 bits per heavy atom. The van der Waals surface area contributed by atoms with Crippen LogP contribution in [0.3, 0.4) is 0 Å². The highest BCUT2D eigenvalue weighted by Gasteiger charge is 2.13. The third-order valence-corrected chi connectivity index (χ3v) is 4.38. The van der Waals surface area contributed by atoms with Crippen LogP contribution in [0, 0.1) is 0 Å². The molecule has 2 nitrogen and oxygen atoms in total. The molecule has 21 heavy (non-hydrogen) atoms. The summed E-state index contributed by atoms with van der Waals surface area (Å²) in [7, 11) is 1.94. The second kappa shape index (κ2) is 7.30. The van der Waals surface area contributed by atoms with E-state index in [0.717, 1.165) is 15.8 Å². The van der Waals surface area contributed by atoms with Gasteiger partial charge in [0.05, 0.1) is 17.2 Å². The third-order valence-electron chi connectivity index (χ3n) is 3.15. The van der Waals surface area contributed by atoms with Crippen molar-refractivity contribution in [3.05, 3.63) is 63.1 Å². The number of hydrogen-bond acceptors (Lipinski definition) is 2. The number of hydrogen-bond donors (Lipinski definition) is 1. The molecule has 0 saturated heterocycles. The summed E-state index contributed by atoms with van der Waals surface area (Å²) in [5.74, 6) is 0.887. The highest BCUT2D eigenvalue weighted by atomic mass is 79.9. The van der Waals surface area contributed by atoms with Gasteiger partial charge in [-0.2, -0.15) is 0 Å². The van der Waals surface area contributed by atoms with E-state index in [2.05, 4.69) is 39.4 Å². The van der Waals surface area contributed by atoms with Crippen molar-refractivity contribution in [2.45, 2.75) is 26.0 Å². The van der Waals surface area contributed by atoms with E-state index in [4.69, 9.17) is 16.3 Å². The van der Waals surface area contributed by atoms with Crippen LogP contribution in [0.15, 0.2) is 46.9 Å². The van der Waals surface area contributed by atoms with Crippen molar-refractivity contribution in [3.8, 4) is 5.75 Å². The minimum Gasteiger partial charge on any atom is -0.491 e. The molecular weight excluding hydrogens is 350 g/mol. The molecule has 1 atom stereocenters. The van der Waals surface area contributed by atoms with Gasteiger partial charge in [0.2, 0.25) is 0 Å². The van der Waals surface area contributed by atoms with Crippen molar-refractivity contribution in [1.82, 2.24) is 5.32 Å². The molecular formula is C17H19BrClNO. The molecule has 2 aromatic carbocycles. The second-order valence-electron chi connectivity index (χ2n) is 5.13. The Kier molecular flexibility index (Phi) is 5.68. The zero-order chi connectivity index (χ0) is 15.4. The monoisotopic (exact) mass is 367 g/mol. The minimum atomic E-state index is 0.101. The molecule has 0 saturated carbocycles. The zero-order valence-corrected chi connectivity index (χ0v) is 14.7. The number of ether oxygens (including phenoxy) is 1. The smallest absolute Gasteiger partial charge is 0.119 e. The predicted molar refractivity (Wildman–Crippen MR) is 92.3 cm³/mol. The van der Waals surface area contributed by atoms with Crippen molar-refractivity contribution >= 4 is 27.5 Å². The molecule has 0 aliphatic rings. The zero-order valence-electron chi connectivity index (χ0n) is 12.4. The van der Waals surface area contributed by atoms with Crippen molar-refractivity contribution < 1.29 is 4.74 Å². The normalized spacial score (nSPS) is 12.5. The molecule has 0 amide bonds. The molecule has 0 aliphatic heterocycles. The summed E-state index contributed by atoms with van der Waals surface area (Å²) in [5.41, 5.74) is 2.30. The Morgan fingerprint density at radius 1 is 1.05 bits per heavy atom. The number of halogens is 2. The van der Waals surface area contributed by atoms with Gasteiger partial charge in [0, 0.05) is 4.47 Å². The van der Waals surface area contributed by atoms with E-state index < -0.39 is 0 Å². The first-order valence-corrected chi connectivity index (χ1v) is 8.07. The highest BCUT2D eigenvalue weighted by molar-refractivity contribution is 9.10. The van der Waals surface area contributed by atoms with Crippen LogP contribution < -0.4 is 10.1 Å². The van der Waals surface area contributed by atoms with Gasteiger partial charge in [0.1, 0.15) is 5.75 Å². The molecule has 4 heteroatoms. The minimum absolute atomic E-state index is 0.101. The van der Waals surface area contributed by atoms with E-state index in [1.807, 2.05) is 45.2 Å². The first-order valence-electron chi connectivity index (χ1n) is 6.90. The fraction of sp³-hybridized carbons (Fsp3) is 0.294. The van der Waals surface area contributed by atoms with Crippen LogP contribution in [0.25, 0.3) is 0 Å². The van der Waals surface area contributed by atoms with E-state index >= 15 is 0 Å². The van der Waals surface area contributed by atoms with E-state index in [9.17, 15) is 0 Å². The average molecular weight is 369 g/mol. The summed E-state index contributed by atoms with van der Waals surface area (Å²) in [5, 5.41) is 4.04. The van der Waals surface area contributed by atoms with Crippen LogP contribution >= 0.6 is 27.5 Å². The lowest BCUT2D eigenvalue weighted by atomic mass is 9.99. The van der Waals surface area contributed by atoms with Crippen LogP contribution in [-0.4, -0.2) is 13.2 Å². The molecule has 112 valence electrons. The maximum atomic E-state index is 6.19. The number of rotatable bonds is 5. The van der Waals surface area contributed by atoms with Crippen LogP contribution in [-0.2, 0) is 0 Å². The first kappa shape index (κ1) is 16.3. The Bertz CT molecular complexity index is 598. The summed E-state index contributed by atoms with van der Waals surface area (Å²) >= 11 is 9.61. The standard InChI is InChI=1S/C17H19BrClNO/c1-11(2)21-14-7-4-12(5-8-14)17(20-3)13-6-9-15(18)16(19)10-13/h4-11,17,20H,1-3H3. The topological polar surface area (TPSA) is 21.3 Å². The van der Waals surface area contributed by atoms with Gasteiger partial charge in [-0.1, -0.05) is 29.8 Å². The van der Waals surface area contributed by atoms with Gasteiger partial charge in [0.25, 0.3) is 0 Å². The van der Waals surface area contributed by atoms with Gasteiger partial charge in [-0.05, 0) is 72.2 Å². The summed E-state index contributed by atoms with van der Waals surface area (Å²) in [6, 6.07) is 14.3. The number of benzene rings is 2. The highest BCUT2D eigenvalue weighted by Crippen LogP contribution is 2.29. The maximum absolute atomic E-state index is 6.19. The van der Waals surface area contributed by atoms with Gasteiger partial charge < -0.3 is 10.1 Å². The molecule has 0 aliphatic carbocycles. The number of nitrogens with one attached hydrogen (secondary N) is 1.